The predicted octanol–water partition coefficient (Wildman–Crippen LogP) is 8.05. The van der Waals surface area contributed by atoms with Crippen molar-refractivity contribution in [1.29, 1.82) is 0 Å². The first-order chi connectivity index (χ1) is 22.3. The second kappa shape index (κ2) is 11.1. The molecule has 0 saturated heterocycles. The summed E-state index contributed by atoms with van der Waals surface area (Å²) in [6.07, 6.45) is 16.2. The van der Waals surface area contributed by atoms with Gasteiger partial charge in [0.15, 0.2) is 5.78 Å². The zero-order chi connectivity index (χ0) is 33.3. The molecule has 0 bridgehead atoms. The molecule has 5 heteroatoms. The SMILES string of the molecule is CC(=O)[C@H]1CC[C@H]2[C@@H]3CCC4CC(=O)C(C5CC(=O)CC6CC[C@@H]7[C@H](CC[C@]8(C)[C@@H](C(=O)CO)CC[C@@H]78)[C@]65C)C[C@]4(C)[C@H]3CC[C@]12C. The first kappa shape index (κ1) is 32.8. The summed E-state index contributed by atoms with van der Waals surface area (Å²) in [5.41, 5.74) is 0.232. The van der Waals surface area contributed by atoms with E-state index in [0.717, 1.165) is 64.2 Å². The molecule has 8 fully saturated rings. The fourth-order valence-electron chi connectivity index (χ4n) is 16.6. The summed E-state index contributed by atoms with van der Waals surface area (Å²) >= 11 is 0. The van der Waals surface area contributed by atoms with Crippen LogP contribution in [0.25, 0.3) is 0 Å². The zero-order valence-electron chi connectivity index (χ0n) is 30.0. The number of aliphatic hydroxyl groups is 1. The molecule has 0 aromatic rings. The van der Waals surface area contributed by atoms with Gasteiger partial charge in [-0.1, -0.05) is 27.7 Å². The molecule has 4 unspecified atom stereocenters. The lowest BCUT2D eigenvalue weighted by atomic mass is 9.38. The van der Waals surface area contributed by atoms with Gasteiger partial charge in [-0.15, -0.1) is 0 Å². The van der Waals surface area contributed by atoms with Gasteiger partial charge in [-0.3, -0.25) is 19.2 Å². The van der Waals surface area contributed by atoms with Crippen molar-refractivity contribution in [2.75, 3.05) is 6.61 Å². The maximum Gasteiger partial charge on any atom is 0.161 e. The molecule has 0 aromatic heterocycles. The summed E-state index contributed by atoms with van der Waals surface area (Å²) in [7, 11) is 0. The number of hydrogen-bond donors (Lipinski definition) is 1. The minimum absolute atomic E-state index is 0.0138. The average Bonchev–Trinajstić information content (AvgIpc) is 3.58. The van der Waals surface area contributed by atoms with Crippen LogP contribution in [0.2, 0.25) is 0 Å². The monoisotopic (exact) mass is 646 g/mol. The van der Waals surface area contributed by atoms with Crippen LogP contribution in [0.1, 0.15) is 137 Å². The van der Waals surface area contributed by atoms with Crippen molar-refractivity contribution in [3.8, 4) is 0 Å². The van der Waals surface area contributed by atoms with Crippen LogP contribution in [0.5, 0.6) is 0 Å². The Morgan fingerprint density at radius 3 is 1.87 bits per heavy atom. The lowest BCUT2D eigenvalue weighted by molar-refractivity contribution is -0.181. The van der Waals surface area contributed by atoms with Crippen LogP contribution in [0.15, 0.2) is 0 Å². The van der Waals surface area contributed by atoms with Gasteiger partial charge in [-0.05, 0) is 165 Å². The van der Waals surface area contributed by atoms with Crippen LogP contribution in [-0.4, -0.2) is 34.8 Å². The van der Waals surface area contributed by atoms with Gasteiger partial charge < -0.3 is 5.11 Å². The van der Waals surface area contributed by atoms with Gasteiger partial charge in [0.05, 0.1) is 0 Å². The van der Waals surface area contributed by atoms with E-state index in [-0.39, 0.29) is 57.7 Å². The molecule has 47 heavy (non-hydrogen) atoms. The van der Waals surface area contributed by atoms with Gasteiger partial charge in [0, 0.05) is 37.0 Å². The maximum atomic E-state index is 14.5. The van der Waals surface area contributed by atoms with E-state index in [4.69, 9.17) is 0 Å². The molecular formula is C42H62O5. The molecular weight excluding hydrogens is 584 g/mol. The number of aliphatic hydroxyl groups excluding tert-OH is 1. The molecule has 8 aliphatic rings. The molecule has 0 radical (unpaired) electrons. The van der Waals surface area contributed by atoms with Gasteiger partial charge in [0.2, 0.25) is 0 Å². The summed E-state index contributed by atoms with van der Waals surface area (Å²) < 4.78 is 0. The highest BCUT2D eigenvalue weighted by molar-refractivity contribution is 5.86. The van der Waals surface area contributed by atoms with E-state index in [1.807, 2.05) is 6.92 Å². The molecule has 0 spiro atoms. The van der Waals surface area contributed by atoms with Gasteiger partial charge in [0.1, 0.15) is 24.0 Å². The number of hydrogen-bond acceptors (Lipinski definition) is 5. The third-order valence-electron chi connectivity index (χ3n) is 18.8. The summed E-state index contributed by atoms with van der Waals surface area (Å²) in [6, 6.07) is 0. The first-order valence-electron chi connectivity index (χ1n) is 20.0. The standard InChI is InChI=1S/C42H62O5/c1-23(44)30-10-11-31-27-8-6-24-19-37(46)29(21-41(24,4)33(27)14-16-39(30,31)2)36-20-26(45)18-25-7-9-28-32-12-13-35(38(47)22-43)40(32,3)17-15-34(28)42(25,36)5/h24-25,27-36,43H,6-22H2,1-5H3/t24?,25?,27-,28-,29?,30+,31-,32-,33-,34-,35+,36?,39+,40-,41-,42-/m0/s1. The first-order valence-corrected chi connectivity index (χ1v) is 20.0. The van der Waals surface area contributed by atoms with Gasteiger partial charge >= 0.3 is 0 Å². The third kappa shape index (κ3) is 4.41. The quantitative estimate of drug-likeness (QED) is 0.334. The average molecular weight is 647 g/mol. The van der Waals surface area contributed by atoms with Crippen molar-refractivity contribution in [3.63, 3.8) is 0 Å². The number of carbonyl (C=O) groups excluding carboxylic acids is 4. The number of fused-ring (bicyclic) bond motifs is 10. The van der Waals surface area contributed by atoms with Crippen molar-refractivity contribution in [1.82, 2.24) is 0 Å². The van der Waals surface area contributed by atoms with Gasteiger partial charge in [0.25, 0.3) is 0 Å². The fraction of sp³-hybridized carbons (Fsp3) is 0.905. The minimum Gasteiger partial charge on any atom is -0.389 e. The van der Waals surface area contributed by atoms with E-state index in [0.29, 0.717) is 84.0 Å². The van der Waals surface area contributed by atoms with Crippen LogP contribution in [0.4, 0.5) is 0 Å². The number of Topliss-reactive ketones (excluding diaryl/α,β-unsaturated/α-hetero) is 4. The summed E-state index contributed by atoms with van der Waals surface area (Å²) in [5.74, 6) is 5.89. The van der Waals surface area contributed by atoms with E-state index in [1.54, 1.807) is 0 Å². The lowest BCUT2D eigenvalue weighted by Crippen LogP contribution is -2.61. The van der Waals surface area contributed by atoms with E-state index in [2.05, 4.69) is 27.7 Å². The van der Waals surface area contributed by atoms with E-state index in [1.165, 1.54) is 19.3 Å². The summed E-state index contributed by atoms with van der Waals surface area (Å²) in [5, 5.41) is 9.80. The van der Waals surface area contributed by atoms with Crippen molar-refractivity contribution in [2.45, 2.75) is 137 Å². The minimum atomic E-state index is -0.340. The van der Waals surface area contributed by atoms with Crippen molar-refractivity contribution in [2.24, 2.45) is 92.7 Å². The van der Waals surface area contributed by atoms with E-state index in [9.17, 15) is 24.3 Å². The second-order valence-corrected chi connectivity index (χ2v) is 19.8. The second-order valence-electron chi connectivity index (χ2n) is 19.8. The highest BCUT2D eigenvalue weighted by atomic mass is 16.3. The van der Waals surface area contributed by atoms with Crippen LogP contribution in [-0.2, 0) is 19.2 Å². The van der Waals surface area contributed by atoms with Crippen LogP contribution >= 0.6 is 0 Å². The molecule has 0 aliphatic heterocycles. The highest BCUT2D eigenvalue weighted by Crippen LogP contribution is 2.72. The number of ketones is 4. The Bertz CT molecular complexity index is 1350. The maximum absolute atomic E-state index is 14.5. The van der Waals surface area contributed by atoms with Crippen molar-refractivity contribution >= 4 is 23.1 Å². The molecule has 0 amide bonds. The van der Waals surface area contributed by atoms with E-state index < -0.39 is 0 Å². The van der Waals surface area contributed by atoms with Crippen LogP contribution < -0.4 is 0 Å². The molecule has 8 rings (SSSR count). The molecule has 0 heterocycles. The van der Waals surface area contributed by atoms with Crippen LogP contribution in [0.3, 0.4) is 0 Å². The Hall–Kier alpha value is -1.36. The molecule has 16 atom stereocenters. The number of carbonyl (C=O) groups is 4. The molecule has 5 nitrogen and oxygen atoms in total. The normalized spacial score (nSPS) is 55.2. The Kier molecular flexibility index (Phi) is 7.73. The van der Waals surface area contributed by atoms with Crippen molar-refractivity contribution in [3.05, 3.63) is 0 Å². The topological polar surface area (TPSA) is 88.5 Å². The Labute approximate surface area is 283 Å². The van der Waals surface area contributed by atoms with E-state index >= 15 is 0 Å². The lowest BCUT2D eigenvalue weighted by Gasteiger charge is -2.65. The number of rotatable bonds is 4. The van der Waals surface area contributed by atoms with Gasteiger partial charge in [-0.25, -0.2) is 0 Å². The van der Waals surface area contributed by atoms with Gasteiger partial charge in [-0.2, -0.15) is 0 Å². The predicted molar refractivity (Wildman–Crippen MR) is 181 cm³/mol. The van der Waals surface area contributed by atoms with Crippen LogP contribution in [0, 0.1) is 92.7 Å². The Balaban J connectivity index is 1.10. The summed E-state index contributed by atoms with van der Waals surface area (Å²) in [4.78, 5) is 53.7. The van der Waals surface area contributed by atoms with Crippen molar-refractivity contribution < 1.29 is 24.3 Å². The largest absolute Gasteiger partial charge is 0.389 e. The fourth-order valence-corrected chi connectivity index (χ4v) is 16.6. The third-order valence-corrected chi connectivity index (χ3v) is 18.8. The smallest absolute Gasteiger partial charge is 0.161 e. The highest BCUT2D eigenvalue weighted by Gasteiger charge is 2.67. The molecule has 8 aliphatic carbocycles. The Morgan fingerprint density at radius 1 is 0.638 bits per heavy atom. The summed E-state index contributed by atoms with van der Waals surface area (Å²) in [6.45, 7) is 11.3. The molecule has 8 saturated carbocycles. The zero-order valence-corrected chi connectivity index (χ0v) is 30.0. The molecule has 260 valence electrons. The molecule has 0 aromatic carbocycles. The Morgan fingerprint density at radius 2 is 1.21 bits per heavy atom. The molecule has 1 N–H and O–H groups in total.